The molecule has 5 heavy (non-hydrogen) atoms. The maximum atomic E-state index is 2.18. The van der Waals surface area contributed by atoms with Crippen molar-refractivity contribution in [1.29, 1.82) is 0 Å². The van der Waals surface area contributed by atoms with Gasteiger partial charge in [-0.1, -0.05) is 26.7 Å². The number of hydrogen-bond donors (Lipinski definition) is 0. The van der Waals surface area contributed by atoms with Crippen molar-refractivity contribution in [3.8, 4) is 0 Å². The van der Waals surface area contributed by atoms with Crippen molar-refractivity contribution in [3.05, 3.63) is 0 Å². The van der Waals surface area contributed by atoms with Crippen LogP contribution >= 0.6 is 0 Å². The Kier molecular flexibility index (Phi) is 15.9. The molecule has 0 aromatic heterocycles. The highest BCUT2D eigenvalue weighted by Crippen LogP contribution is 1.76. The topological polar surface area (TPSA) is 0 Å². The summed E-state index contributed by atoms with van der Waals surface area (Å²) in [6, 6.07) is 0. The molecule has 0 heterocycles. The molecule has 0 aliphatic rings. The minimum absolute atomic E-state index is 0. The SMILES string of the molecule is CCCC.[SiH4]. The Hall–Kier alpha value is 0.217. The fraction of sp³-hybridized carbons (Fsp3) is 1.00. The quantitative estimate of drug-likeness (QED) is 0.408. The van der Waals surface area contributed by atoms with E-state index in [1.54, 1.807) is 0 Å². The monoisotopic (exact) mass is 90.1 g/mol. The molecule has 0 unspecified atom stereocenters. The predicted molar refractivity (Wildman–Crippen MR) is 31.9 cm³/mol. The maximum absolute atomic E-state index is 2.18. The molecule has 0 bridgehead atoms. The molecule has 0 spiro atoms. The van der Waals surface area contributed by atoms with Gasteiger partial charge in [-0.25, -0.2) is 0 Å². The van der Waals surface area contributed by atoms with Gasteiger partial charge in [0, 0.05) is 0 Å². The third-order valence-electron chi connectivity index (χ3n) is 0.500. The number of rotatable bonds is 1. The molecule has 0 aliphatic heterocycles. The molecule has 0 aliphatic carbocycles. The van der Waals surface area contributed by atoms with E-state index in [4.69, 9.17) is 0 Å². The molecule has 0 saturated heterocycles. The molecule has 0 radical (unpaired) electrons. The summed E-state index contributed by atoms with van der Waals surface area (Å²) in [5.41, 5.74) is 0. The van der Waals surface area contributed by atoms with E-state index in [1.165, 1.54) is 12.8 Å². The van der Waals surface area contributed by atoms with E-state index in [0.29, 0.717) is 0 Å². The minimum atomic E-state index is 0. The minimum Gasteiger partial charge on any atom is -0.0654 e. The maximum Gasteiger partial charge on any atom is -0.0149 e. The second kappa shape index (κ2) is 8.88. The molecule has 1 heteroatoms. The van der Waals surface area contributed by atoms with E-state index < -0.39 is 0 Å². The third kappa shape index (κ3) is 14.0. The highest BCUT2D eigenvalue weighted by molar-refractivity contribution is 5.75. The second-order valence-electron chi connectivity index (χ2n) is 1.000. The molecule has 34 valence electrons. The molecule has 0 N–H and O–H groups in total. The first-order valence-corrected chi connectivity index (χ1v) is 1.91. The van der Waals surface area contributed by atoms with E-state index in [0.717, 1.165) is 0 Å². The molecule has 0 saturated carbocycles. The normalized spacial score (nSPS) is 6.00. The number of unbranched alkanes of at least 4 members (excludes halogenated alkanes) is 1. The molecule has 0 amide bonds. The first kappa shape index (κ1) is 8.96. The summed E-state index contributed by atoms with van der Waals surface area (Å²) in [4.78, 5) is 0. The molecular weight excluding hydrogens is 76.1 g/mol. The Morgan fingerprint density at radius 2 is 1.20 bits per heavy atom. The highest BCUT2D eigenvalue weighted by Gasteiger charge is 1.56. The van der Waals surface area contributed by atoms with E-state index in [2.05, 4.69) is 13.8 Å². The third-order valence-corrected chi connectivity index (χ3v) is 0.500. The Labute approximate surface area is 38.6 Å². The zero-order chi connectivity index (χ0) is 3.41. The molecular formula is C4H14Si. The molecule has 0 aromatic rings. The van der Waals surface area contributed by atoms with Crippen LogP contribution in [0.15, 0.2) is 0 Å². The van der Waals surface area contributed by atoms with Crippen LogP contribution in [0.4, 0.5) is 0 Å². The van der Waals surface area contributed by atoms with Crippen LogP contribution in [0, 0.1) is 0 Å². The summed E-state index contributed by atoms with van der Waals surface area (Å²) in [6.45, 7) is 4.36. The first-order chi connectivity index (χ1) is 1.91. The van der Waals surface area contributed by atoms with Gasteiger partial charge in [-0.2, -0.15) is 0 Å². The zero-order valence-corrected chi connectivity index (χ0v) is 3.41. The lowest BCUT2D eigenvalue weighted by molar-refractivity contribution is 0.886. The van der Waals surface area contributed by atoms with Crippen LogP contribution < -0.4 is 0 Å². The molecule has 0 fully saturated rings. The lowest BCUT2D eigenvalue weighted by Gasteiger charge is -1.68. The fourth-order valence-corrected chi connectivity index (χ4v) is 0. The average molecular weight is 90.2 g/mol. The standard InChI is InChI=1S/C4H10.H4Si/c1-3-4-2;/h3-4H2,1-2H3;1H4. The van der Waals surface area contributed by atoms with Gasteiger partial charge in [0.1, 0.15) is 0 Å². The van der Waals surface area contributed by atoms with Crippen LogP contribution in [0.5, 0.6) is 0 Å². The second-order valence-corrected chi connectivity index (χ2v) is 1.000. The molecule has 0 rings (SSSR count). The van der Waals surface area contributed by atoms with E-state index >= 15 is 0 Å². The van der Waals surface area contributed by atoms with Crippen LogP contribution in [-0.2, 0) is 0 Å². The molecule has 0 atom stereocenters. The van der Waals surface area contributed by atoms with Crippen molar-refractivity contribution >= 4 is 11.0 Å². The average Bonchev–Trinajstić information content (AvgIpc) is 1.37. The van der Waals surface area contributed by atoms with Gasteiger partial charge < -0.3 is 0 Å². The van der Waals surface area contributed by atoms with E-state index in [-0.39, 0.29) is 11.0 Å². The Bertz CT molecular complexity index is 5.61. The summed E-state index contributed by atoms with van der Waals surface area (Å²) in [5.74, 6) is 0. The fourth-order valence-electron chi connectivity index (χ4n) is 0. The van der Waals surface area contributed by atoms with Gasteiger partial charge in [-0.15, -0.1) is 0 Å². The largest absolute Gasteiger partial charge is 0.0654 e. The van der Waals surface area contributed by atoms with Crippen molar-refractivity contribution < 1.29 is 0 Å². The zero-order valence-electron chi connectivity index (χ0n) is 3.41. The van der Waals surface area contributed by atoms with Crippen LogP contribution in [0.1, 0.15) is 26.7 Å². The van der Waals surface area contributed by atoms with Gasteiger partial charge in [0.25, 0.3) is 0 Å². The Morgan fingerprint density at radius 3 is 1.20 bits per heavy atom. The van der Waals surface area contributed by atoms with Gasteiger partial charge in [0.15, 0.2) is 0 Å². The van der Waals surface area contributed by atoms with E-state index in [9.17, 15) is 0 Å². The summed E-state index contributed by atoms with van der Waals surface area (Å²) < 4.78 is 0. The van der Waals surface area contributed by atoms with Crippen LogP contribution in [0.25, 0.3) is 0 Å². The Balaban J connectivity index is 0. The van der Waals surface area contributed by atoms with E-state index in [1.807, 2.05) is 0 Å². The van der Waals surface area contributed by atoms with Crippen molar-refractivity contribution in [3.63, 3.8) is 0 Å². The van der Waals surface area contributed by atoms with Crippen LogP contribution in [0.3, 0.4) is 0 Å². The van der Waals surface area contributed by atoms with Crippen LogP contribution in [0.2, 0.25) is 0 Å². The van der Waals surface area contributed by atoms with Crippen molar-refractivity contribution in [2.75, 3.05) is 0 Å². The lowest BCUT2D eigenvalue weighted by Crippen LogP contribution is -1.47. The van der Waals surface area contributed by atoms with Gasteiger partial charge in [-0.3, -0.25) is 0 Å². The molecule has 0 aromatic carbocycles. The highest BCUT2D eigenvalue weighted by atomic mass is 28.1. The van der Waals surface area contributed by atoms with Gasteiger partial charge in [0.05, 0.1) is 0 Å². The van der Waals surface area contributed by atoms with Crippen molar-refractivity contribution in [1.82, 2.24) is 0 Å². The lowest BCUT2D eigenvalue weighted by atomic mass is 10.4. The van der Waals surface area contributed by atoms with Crippen LogP contribution in [-0.4, -0.2) is 11.0 Å². The van der Waals surface area contributed by atoms with Gasteiger partial charge >= 0.3 is 0 Å². The van der Waals surface area contributed by atoms with Crippen molar-refractivity contribution in [2.45, 2.75) is 26.7 Å². The smallest absolute Gasteiger partial charge is 0.0149 e. The van der Waals surface area contributed by atoms with Gasteiger partial charge in [0.2, 0.25) is 0 Å². The van der Waals surface area contributed by atoms with Gasteiger partial charge in [-0.05, 0) is 11.0 Å². The summed E-state index contributed by atoms with van der Waals surface area (Å²) in [6.07, 6.45) is 2.64. The predicted octanol–water partition coefficient (Wildman–Crippen LogP) is 0.355. The Morgan fingerprint density at radius 1 is 1.00 bits per heavy atom. The summed E-state index contributed by atoms with van der Waals surface area (Å²) >= 11 is 0. The molecule has 0 nitrogen and oxygen atoms in total. The summed E-state index contributed by atoms with van der Waals surface area (Å²) in [5, 5.41) is 0. The number of hydrogen-bond acceptors (Lipinski definition) is 0. The summed E-state index contributed by atoms with van der Waals surface area (Å²) in [7, 11) is 0. The van der Waals surface area contributed by atoms with Crippen molar-refractivity contribution in [2.24, 2.45) is 0 Å². The first-order valence-electron chi connectivity index (χ1n) is 1.91.